The lowest BCUT2D eigenvalue weighted by Crippen LogP contribution is -2.25. The fourth-order valence-electron chi connectivity index (χ4n) is 2.41. The van der Waals surface area contributed by atoms with Gasteiger partial charge in [0.25, 0.3) is 5.91 Å². The number of thiazole rings is 1. The Hall–Kier alpha value is -2.51. The highest BCUT2D eigenvalue weighted by atomic mass is 32.1. The van der Waals surface area contributed by atoms with Crippen LogP contribution in [0.15, 0.2) is 46.5 Å². The van der Waals surface area contributed by atoms with Crippen molar-refractivity contribution in [3.8, 4) is 10.6 Å². The van der Waals surface area contributed by atoms with Gasteiger partial charge in [0.2, 0.25) is 5.91 Å². The van der Waals surface area contributed by atoms with Crippen LogP contribution in [0.25, 0.3) is 10.6 Å². The number of hydrogen-bond acceptors (Lipinski definition) is 5. The molecule has 2 amide bonds. The molecule has 0 aliphatic carbocycles. The predicted octanol–water partition coefficient (Wildman–Crippen LogP) is 3.43. The quantitative estimate of drug-likeness (QED) is 0.707. The van der Waals surface area contributed by atoms with Crippen molar-refractivity contribution in [2.75, 3.05) is 14.1 Å². The average Bonchev–Trinajstić information content (AvgIpc) is 3.31. The number of amides is 2. The van der Waals surface area contributed by atoms with Crippen molar-refractivity contribution in [3.63, 3.8) is 0 Å². The molecule has 0 bridgehead atoms. The summed E-state index contributed by atoms with van der Waals surface area (Å²) >= 11 is 3.17. The van der Waals surface area contributed by atoms with Crippen LogP contribution in [0.2, 0.25) is 0 Å². The molecule has 0 fully saturated rings. The van der Waals surface area contributed by atoms with Crippen LogP contribution >= 0.6 is 22.7 Å². The summed E-state index contributed by atoms with van der Waals surface area (Å²) in [4.78, 5) is 30.2. The number of thiophene rings is 1. The van der Waals surface area contributed by atoms with E-state index in [4.69, 9.17) is 0 Å². The molecule has 3 aromatic rings. The first-order chi connectivity index (χ1) is 12.5. The summed E-state index contributed by atoms with van der Waals surface area (Å²) in [6.07, 6.45) is 0.247. The lowest BCUT2D eigenvalue weighted by atomic mass is 10.1. The fraction of sp³-hybridized carbons (Fsp3) is 0.211. The average molecular weight is 386 g/mol. The van der Waals surface area contributed by atoms with Gasteiger partial charge in [0.15, 0.2) is 0 Å². The number of aromatic nitrogens is 1. The maximum absolute atomic E-state index is 12.2. The summed E-state index contributed by atoms with van der Waals surface area (Å²) in [5.74, 6) is -0.141. The number of nitrogens with zero attached hydrogens (tertiary/aromatic N) is 2. The van der Waals surface area contributed by atoms with Gasteiger partial charge in [-0.05, 0) is 29.1 Å². The Morgan fingerprint density at radius 3 is 2.77 bits per heavy atom. The van der Waals surface area contributed by atoms with Gasteiger partial charge >= 0.3 is 0 Å². The fourth-order valence-corrected chi connectivity index (χ4v) is 3.94. The normalized spacial score (nSPS) is 10.5. The smallest absolute Gasteiger partial charge is 0.253 e. The first-order valence-corrected chi connectivity index (χ1v) is 9.89. The molecule has 0 unspecified atom stereocenters. The summed E-state index contributed by atoms with van der Waals surface area (Å²) < 4.78 is 0. The van der Waals surface area contributed by atoms with Crippen LogP contribution in [0.1, 0.15) is 21.6 Å². The van der Waals surface area contributed by atoms with Gasteiger partial charge in [0.1, 0.15) is 5.01 Å². The molecule has 3 rings (SSSR count). The second-order valence-electron chi connectivity index (χ2n) is 6.01. The largest absolute Gasteiger partial charge is 0.352 e. The topological polar surface area (TPSA) is 62.3 Å². The van der Waals surface area contributed by atoms with E-state index in [1.165, 1.54) is 4.90 Å². The minimum atomic E-state index is -0.0866. The molecule has 0 spiro atoms. The molecular formula is C19H19N3O2S2. The Labute approximate surface area is 160 Å². The van der Waals surface area contributed by atoms with Crippen molar-refractivity contribution in [1.29, 1.82) is 0 Å². The van der Waals surface area contributed by atoms with Gasteiger partial charge in [-0.3, -0.25) is 9.59 Å². The molecule has 0 radical (unpaired) electrons. The number of nitrogens with one attached hydrogen (secondary N) is 1. The zero-order chi connectivity index (χ0) is 18.5. The maximum Gasteiger partial charge on any atom is 0.253 e. The Balaban J connectivity index is 1.56. The lowest BCUT2D eigenvalue weighted by Gasteiger charge is -2.11. The third kappa shape index (κ3) is 4.56. The van der Waals surface area contributed by atoms with Crippen LogP contribution in [0.4, 0.5) is 0 Å². The van der Waals surface area contributed by atoms with E-state index in [0.717, 1.165) is 21.8 Å². The Bertz CT molecular complexity index is 901. The highest BCUT2D eigenvalue weighted by molar-refractivity contribution is 7.14. The molecule has 134 valence electrons. The minimum Gasteiger partial charge on any atom is -0.352 e. The molecule has 0 atom stereocenters. The predicted molar refractivity (Wildman–Crippen MR) is 105 cm³/mol. The van der Waals surface area contributed by atoms with E-state index in [1.54, 1.807) is 48.9 Å². The van der Waals surface area contributed by atoms with Crippen LogP contribution in [-0.2, 0) is 17.8 Å². The van der Waals surface area contributed by atoms with Crippen LogP contribution in [-0.4, -0.2) is 35.8 Å². The second kappa shape index (κ2) is 8.25. The van der Waals surface area contributed by atoms with Gasteiger partial charge in [-0.1, -0.05) is 12.1 Å². The van der Waals surface area contributed by atoms with Crippen LogP contribution in [0.3, 0.4) is 0 Å². The van der Waals surface area contributed by atoms with Gasteiger partial charge in [0.05, 0.1) is 12.1 Å². The summed E-state index contributed by atoms with van der Waals surface area (Å²) in [6, 6.07) is 9.32. The van der Waals surface area contributed by atoms with E-state index in [2.05, 4.69) is 10.3 Å². The van der Waals surface area contributed by atoms with Gasteiger partial charge < -0.3 is 10.2 Å². The standard InChI is InChI=1S/C19H19N3O2S2/c1-22(2)19(24)14-5-3-4-13(8-14)10-20-17(23)9-16-12-26-18(21-16)15-6-7-25-11-15/h3-8,11-12H,9-10H2,1-2H3,(H,20,23). The Morgan fingerprint density at radius 2 is 2.04 bits per heavy atom. The van der Waals surface area contributed by atoms with Crippen molar-refractivity contribution in [3.05, 3.63) is 63.3 Å². The summed E-state index contributed by atoms with van der Waals surface area (Å²) in [5.41, 5.74) is 3.37. The van der Waals surface area contributed by atoms with Crippen LogP contribution in [0, 0.1) is 0 Å². The van der Waals surface area contributed by atoms with E-state index >= 15 is 0 Å². The molecule has 0 saturated heterocycles. The van der Waals surface area contributed by atoms with E-state index in [1.807, 2.05) is 34.3 Å². The van der Waals surface area contributed by atoms with Crippen molar-refractivity contribution >= 4 is 34.5 Å². The van der Waals surface area contributed by atoms with Gasteiger partial charge in [-0.15, -0.1) is 11.3 Å². The van der Waals surface area contributed by atoms with E-state index < -0.39 is 0 Å². The third-order valence-corrected chi connectivity index (χ3v) is 5.35. The number of benzene rings is 1. The summed E-state index contributed by atoms with van der Waals surface area (Å²) in [7, 11) is 3.43. The SMILES string of the molecule is CN(C)C(=O)c1cccc(CNC(=O)Cc2csc(-c3ccsc3)n2)c1. The highest BCUT2D eigenvalue weighted by Crippen LogP contribution is 2.25. The molecule has 5 nitrogen and oxygen atoms in total. The summed E-state index contributed by atoms with van der Waals surface area (Å²) in [5, 5.41) is 9.80. The molecule has 26 heavy (non-hydrogen) atoms. The van der Waals surface area contributed by atoms with Gasteiger partial charge in [0, 0.05) is 42.5 Å². The molecule has 2 aromatic heterocycles. The van der Waals surface area contributed by atoms with Gasteiger partial charge in [-0.2, -0.15) is 11.3 Å². The Kier molecular flexibility index (Phi) is 5.80. The highest BCUT2D eigenvalue weighted by Gasteiger charge is 2.11. The van der Waals surface area contributed by atoms with Gasteiger partial charge in [-0.25, -0.2) is 4.98 Å². The van der Waals surface area contributed by atoms with E-state index in [0.29, 0.717) is 12.1 Å². The first-order valence-electron chi connectivity index (χ1n) is 8.07. The van der Waals surface area contributed by atoms with Crippen molar-refractivity contribution in [2.45, 2.75) is 13.0 Å². The number of carbonyl (C=O) groups excluding carboxylic acids is 2. The molecule has 0 aliphatic heterocycles. The molecule has 1 N–H and O–H groups in total. The van der Waals surface area contributed by atoms with Crippen molar-refractivity contribution in [2.24, 2.45) is 0 Å². The minimum absolute atomic E-state index is 0.0541. The maximum atomic E-state index is 12.2. The third-order valence-electron chi connectivity index (χ3n) is 3.73. The Morgan fingerprint density at radius 1 is 1.19 bits per heavy atom. The molecular weight excluding hydrogens is 366 g/mol. The number of carbonyl (C=O) groups is 2. The monoisotopic (exact) mass is 385 g/mol. The second-order valence-corrected chi connectivity index (χ2v) is 7.65. The molecule has 2 heterocycles. The summed E-state index contributed by atoms with van der Waals surface area (Å²) in [6.45, 7) is 0.384. The zero-order valence-corrected chi connectivity index (χ0v) is 16.2. The van der Waals surface area contributed by atoms with Crippen molar-refractivity contribution < 1.29 is 9.59 Å². The zero-order valence-electron chi connectivity index (χ0n) is 14.6. The molecule has 0 aliphatic rings. The lowest BCUT2D eigenvalue weighted by molar-refractivity contribution is -0.120. The van der Waals surface area contributed by atoms with Crippen LogP contribution in [0.5, 0.6) is 0 Å². The van der Waals surface area contributed by atoms with Crippen molar-refractivity contribution in [1.82, 2.24) is 15.2 Å². The first kappa shape index (κ1) is 18.3. The van der Waals surface area contributed by atoms with Crippen LogP contribution < -0.4 is 5.32 Å². The number of rotatable bonds is 6. The molecule has 1 aromatic carbocycles. The number of hydrogen-bond donors (Lipinski definition) is 1. The molecule has 7 heteroatoms. The van der Waals surface area contributed by atoms with E-state index in [-0.39, 0.29) is 18.2 Å². The molecule has 0 saturated carbocycles. The van der Waals surface area contributed by atoms with E-state index in [9.17, 15) is 9.59 Å².